The minimum Gasteiger partial charge on any atom is -0.457 e. The quantitative estimate of drug-likeness (QED) is 0.519. The lowest BCUT2D eigenvalue weighted by atomic mass is 10.0. The smallest absolute Gasteiger partial charge is 0.395 e. The third-order valence-electron chi connectivity index (χ3n) is 5.72. The monoisotopic (exact) mass is 349 g/mol. The van der Waals surface area contributed by atoms with Crippen molar-refractivity contribution in [3.8, 4) is 11.5 Å². The number of benzene rings is 2. The van der Waals surface area contributed by atoms with Gasteiger partial charge in [0.1, 0.15) is 11.5 Å². The first kappa shape index (κ1) is 18.0. The molecule has 1 atom stereocenters. The van der Waals surface area contributed by atoms with E-state index in [1.807, 2.05) is 36.4 Å². The molecule has 4 heteroatoms. The molecule has 1 saturated carbocycles. The number of carbonyl (C=O) groups is 1. The van der Waals surface area contributed by atoms with Crippen LogP contribution in [0.4, 0.5) is 0 Å². The van der Waals surface area contributed by atoms with E-state index in [-0.39, 0.29) is 22.7 Å². The van der Waals surface area contributed by atoms with Crippen molar-refractivity contribution in [3.63, 3.8) is 0 Å². The number of rotatable bonds is 5. The van der Waals surface area contributed by atoms with Gasteiger partial charge in [-0.25, -0.2) is 6.57 Å². The summed E-state index contributed by atoms with van der Waals surface area (Å²) in [6, 6.07) is 16.5. The van der Waals surface area contributed by atoms with E-state index >= 15 is 0 Å². The van der Waals surface area contributed by atoms with Crippen LogP contribution >= 0.6 is 0 Å². The van der Waals surface area contributed by atoms with Crippen molar-refractivity contribution in [3.05, 3.63) is 71.6 Å². The topological polar surface area (TPSA) is 39.9 Å². The van der Waals surface area contributed by atoms with Gasteiger partial charge in [-0.1, -0.05) is 52.0 Å². The third-order valence-corrected chi connectivity index (χ3v) is 5.72. The SMILES string of the molecule is [C-]#[N+]C(OC(=O)C1C(C)(C)C1(C)C)c1cccc(Oc2ccccc2)c1. The first-order chi connectivity index (χ1) is 12.3. The van der Waals surface area contributed by atoms with Gasteiger partial charge in [0.15, 0.2) is 0 Å². The van der Waals surface area contributed by atoms with Crippen molar-refractivity contribution < 1.29 is 14.3 Å². The maximum Gasteiger partial charge on any atom is 0.395 e. The van der Waals surface area contributed by atoms with Crippen molar-refractivity contribution in [2.75, 3.05) is 0 Å². The fraction of sp³-hybridized carbons (Fsp3) is 0.364. The average Bonchev–Trinajstić information content (AvgIpc) is 3.02. The van der Waals surface area contributed by atoms with Gasteiger partial charge >= 0.3 is 12.2 Å². The van der Waals surface area contributed by atoms with Crippen LogP contribution in [0.1, 0.15) is 39.5 Å². The van der Waals surface area contributed by atoms with E-state index in [1.165, 1.54) is 0 Å². The Bertz CT molecular complexity index is 835. The van der Waals surface area contributed by atoms with E-state index < -0.39 is 6.23 Å². The number of para-hydroxylation sites is 1. The first-order valence-corrected chi connectivity index (χ1v) is 8.67. The Morgan fingerprint density at radius 1 is 1.00 bits per heavy atom. The molecular formula is C22H23NO3. The minimum atomic E-state index is -0.964. The van der Waals surface area contributed by atoms with E-state index in [0.717, 1.165) is 0 Å². The van der Waals surface area contributed by atoms with Gasteiger partial charge in [-0.05, 0) is 41.2 Å². The molecule has 0 N–H and O–H groups in total. The number of esters is 1. The van der Waals surface area contributed by atoms with Crippen LogP contribution in [0, 0.1) is 23.3 Å². The third kappa shape index (κ3) is 3.17. The van der Waals surface area contributed by atoms with Gasteiger partial charge in [0.25, 0.3) is 0 Å². The number of hydrogen-bond acceptors (Lipinski definition) is 3. The van der Waals surface area contributed by atoms with Crippen LogP contribution in [0.3, 0.4) is 0 Å². The first-order valence-electron chi connectivity index (χ1n) is 8.67. The van der Waals surface area contributed by atoms with Crippen LogP contribution in [0.25, 0.3) is 4.85 Å². The van der Waals surface area contributed by atoms with Crippen LogP contribution in [-0.4, -0.2) is 5.97 Å². The van der Waals surface area contributed by atoms with Crippen LogP contribution in [-0.2, 0) is 9.53 Å². The molecule has 0 saturated heterocycles. The van der Waals surface area contributed by atoms with Crippen molar-refractivity contribution in [1.29, 1.82) is 0 Å². The molecule has 1 fully saturated rings. The summed E-state index contributed by atoms with van der Waals surface area (Å²) in [6.07, 6.45) is -0.964. The highest BCUT2D eigenvalue weighted by Gasteiger charge is 2.69. The summed E-state index contributed by atoms with van der Waals surface area (Å²) in [5.41, 5.74) is 0.377. The van der Waals surface area contributed by atoms with Gasteiger partial charge in [0.05, 0.1) is 11.5 Å². The number of carbonyl (C=O) groups excluding carboxylic acids is 1. The van der Waals surface area contributed by atoms with Gasteiger partial charge in [0.2, 0.25) is 0 Å². The minimum absolute atomic E-state index is 0.116. The molecule has 1 unspecified atom stereocenters. The molecular weight excluding hydrogens is 326 g/mol. The molecule has 26 heavy (non-hydrogen) atoms. The lowest BCUT2D eigenvalue weighted by molar-refractivity contribution is -0.150. The van der Waals surface area contributed by atoms with Crippen LogP contribution in [0.2, 0.25) is 0 Å². The highest BCUT2D eigenvalue weighted by atomic mass is 16.6. The summed E-state index contributed by atoms with van der Waals surface area (Å²) >= 11 is 0. The Hall–Kier alpha value is -2.80. The van der Waals surface area contributed by atoms with Crippen LogP contribution in [0.5, 0.6) is 11.5 Å². The van der Waals surface area contributed by atoms with E-state index in [9.17, 15) is 4.79 Å². The zero-order valence-corrected chi connectivity index (χ0v) is 15.5. The summed E-state index contributed by atoms with van der Waals surface area (Å²) in [7, 11) is 0. The number of ether oxygens (including phenoxy) is 2. The molecule has 0 amide bonds. The number of nitrogens with zero attached hydrogens (tertiary/aromatic N) is 1. The number of hydrogen-bond donors (Lipinski definition) is 0. The van der Waals surface area contributed by atoms with E-state index in [4.69, 9.17) is 16.0 Å². The maximum absolute atomic E-state index is 12.6. The molecule has 3 rings (SSSR count). The highest BCUT2D eigenvalue weighted by Crippen LogP contribution is 2.68. The lowest BCUT2D eigenvalue weighted by Crippen LogP contribution is -2.14. The summed E-state index contributed by atoms with van der Waals surface area (Å²) in [5.74, 6) is 0.811. The molecule has 0 radical (unpaired) electrons. The zero-order chi connectivity index (χ0) is 18.9. The van der Waals surface area contributed by atoms with Crippen molar-refractivity contribution in [1.82, 2.24) is 0 Å². The highest BCUT2D eigenvalue weighted by molar-refractivity contribution is 5.79. The fourth-order valence-electron chi connectivity index (χ4n) is 3.49. The predicted octanol–water partition coefficient (Wildman–Crippen LogP) is 5.62. The van der Waals surface area contributed by atoms with Gasteiger partial charge in [-0.15, -0.1) is 0 Å². The molecule has 1 aliphatic rings. The van der Waals surface area contributed by atoms with Crippen LogP contribution < -0.4 is 4.74 Å². The zero-order valence-electron chi connectivity index (χ0n) is 15.5. The van der Waals surface area contributed by atoms with E-state index in [0.29, 0.717) is 17.1 Å². The molecule has 2 aromatic carbocycles. The Balaban J connectivity index is 1.74. The molecule has 1 aliphatic carbocycles. The largest absolute Gasteiger partial charge is 0.457 e. The Labute approximate surface area is 154 Å². The van der Waals surface area contributed by atoms with Crippen LogP contribution in [0.15, 0.2) is 54.6 Å². The molecule has 0 bridgehead atoms. The summed E-state index contributed by atoms with van der Waals surface area (Å²) in [4.78, 5) is 16.1. The predicted molar refractivity (Wildman–Crippen MR) is 99.4 cm³/mol. The second-order valence-electron chi connectivity index (χ2n) is 7.78. The molecule has 2 aromatic rings. The van der Waals surface area contributed by atoms with E-state index in [1.54, 1.807) is 18.2 Å². The lowest BCUT2D eigenvalue weighted by Gasteiger charge is -2.11. The van der Waals surface area contributed by atoms with Gasteiger partial charge < -0.3 is 9.47 Å². The Kier molecular flexibility index (Phi) is 4.50. The molecule has 134 valence electrons. The fourth-order valence-corrected chi connectivity index (χ4v) is 3.49. The molecule has 0 aliphatic heterocycles. The molecule has 0 heterocycles. The Morgan fingerprint density at radius 3 is 2.19 bits per heavy atom. The Morgan fingerprint density at radius 2 is 1.62 bits per heavy atom. The summed E-state index contributed by atoms with van der Waals surface area (Å²) in [5, 5.41) is 0. The summed E-state index contributed by atoms with van der Waals surface area (Å²) < 4.78 is 11.3. The van der Waals surface area contributed by atoms with Gasteiger partial charge in [-0.3, -0.25) is 9.64 Å². The van der Waals surface area contributed by atoms with Crippen molar-refractivity contribution in [2.24, 2.45) is 16.7 Å². The van der Waals surface area contributed by atoms with Crippen molar-refractivity contribution >= 4 is 5.97 Å². The van der Waals surface area contributed by atoms with Crippen molar-refractivity contribution in [2.45, 2.75) is 33.9 Å². The normalized spacial score (nSPS) is 18.4. The molecule has 0 aromatic heterocycles. The standard InChI is InChI=1S/C22H23NO3/c1-21(2)18(22(21,3)4)20(24)26-19(23-5)15-10-9-13-17(14-15)25-16-11-7-6-8-12-16/h6-14,18-19H,1-4H3. The van der Waals surface area contributed by atoms with Gasteiger partial charge in [-0.2, -0.15) is 0 Å². The second kappa shape index (κ2) is 6.49. The molecule has 4 nitrogen and oxygen atoms in total. The maximum atomic E-state index is 12.6. The second-order valence-corrected chi connectivity index (χ2v) is 7.78. The van der Waals surface area contributed by atoms with Gasteiger partial charge in [0, 0.05) is 0 Å². The average molecular weight is 349 g/mol. The summed E-state index contributed by atoms with van der Waals surface area (Å²) in [6.45, 7) is 15.7. The van der Waals surface area contributed by atoms with E-state index in [2.05, 4.69) is 32.5 Å². The molecule has 0 spiro atoms.